The molecule has 140 valence electrons. The molecule has 0 aliphatic heterocycles. The molecule has 27 heavy (non-hydrogen) atoms. The Morgan fingerprint density at radius 1 is 0.889 bits per heavy atom. The van der Waals surface area contributed by atoms with Crippen LogP contribution in [0.3, 0.4) is 0 Å². The van der Waals surface area contributed by atoms with Crippen molar-refractivity contribution in [3.8, 4) is 28.4 Å². The van der Waals surface area contributed by atoms with Crippen molar-refractivity contribution in [1.82, 2.24) is 4.72 Å². The first-order chi connectivity index (χ1) is 12.8. The number of aromatic hydroxyl groups is 3. The summed E-state index contributed by atoms with van der Waals surface area (Å²) >= 11 is 0. The summed E-state index contributed by atoms with van der Waals surface area (Å²) in [5.74, 6) is -1.61. The van der Waals surface area contributed by atoms with E-state index in [1.54, 1.807) is 6.07 Å². The number of hydrogen-bond acceptors (Lipinski definition) is 5. The number of benzene rings is 3. The summed E-state index contributed by atoms with van der Waals surface area (Å²) in [4.78, 5) is -0.273. The molecule has 0 aliphatic rings. The molecule has 0 amide bonds. The van der Waals surface area contributed by atoms with Crippen LogP contribution in [0, 0.1) is 5.82 Å². The molecule has 0 saturated carbocycles. The van der Waals surface area contributed by atoms with Crippen molar-refractivity contribution in [1.29, 1.82) is 0 Å². The first-order valence-electron chi connectivity index (χ1n) is 7.86. The molecular formula is C19H16FNO5S. The zero-order chi connectivity index (χ0) is 19.6. The van der Waals surface area contributed by atoms with Crippen molar-refractivity contribution in [2.75, 3.05) is 0 Å². The number of halogens is 1. The summed E-state index contributed by atoms with van der Waals surface area (Å²) < 4.78 is 40.9. The van der Waals surface area contributed by atoms with E-state index in [2.05, 4.69) is 4.72 Å². The van der Waals surface area contributed by atoms with Crippen molar-refractivity contribution in [2.24, 2.45) is 0 Å². The third-order valence-corrected chi connectivity index (χ3v) is 5.34. The van der Waals surface area contributed by atoms with Crippen LogP contribution >= 0.6 is 0 Å². The van der Waals surface area contributed by atoms with Crippen molar-refractivity contribution < 1.29 is 28.1 Å². The van der Waals surface area contributed by atoms with Crippen LogP contribution in [0.4, 0.5) is 4.39 Å². The van der Waals surface area contributed by atoms with Gasteiger partial charge in [-0.15, -0.1) is 0 Å². The highest BCUT2D eigenvalue weighted by atomic mass is 32.2. The molecule has 6 nitrogen and oxygen atoms in total. The highest BCUT2D eigenvalue weighted by molar-refractivity contribution is 7.89. The van der Waals surface area contributed by atoms with Gasteiger partial charge < -0.3 is 15.3 Å². The van der Waals surface area contributed by atoms with Gasteiger partial charge in [0.15, 0.2) is 11.5 Å². The lowest BCUT2D eigenvalue weighted by Crippen LogP contribution is -2.23. The number of nitrogens with one attached hydrogen (secondary N) is 1. The average Bonchev–Trinajstić information content (AvgIpc) is 2.63. The molecule has 0 atom stereocenters. The van der Waals surface area contributed by atoms with Gasteiger partial charge in [0, 0.05) is 18.2 Å². The van der Waals surface area contributed by atoms with E-state index in [0.29, 0.717) is 11.1 Å². The smallest absolute Gasteiger partial charge is 0.241 e. The van der Waals surface area contributed by atoms with Gasteiger partial charge in [0.1, 0.15) is 11.6 Å². The largest absolute Gasteiger partial charge is 0.508 e. The molecule has 0 spiro atoms. The minimum absolute atomic E-state index is 0.0808. The van der Waals surface area contributed by atoms with Gasteiger partial charge in [0.2, 0.25) is 10.0 Å². The Morgan fingerprint density at radius 3 is 2.22 bits per heavy atom. The Kier molecular flexibility index (Phi) is 5.02. The van der Waals surface area contributed by atoms with Crippen LogP contribution in [0.1, 0.15) is 5.56 Å². The zero-order valence-corrected chi connectivity index (χ0v) is 14.7. The van der Waals surface area contributed by atoms with Gasteiger partial charge in [-0.05, 0) is 41.5 Å². The van der Waals surface area contributed by atoms with Crippen LogP contribution in [0.15, 0.2) is 65.6 Å². The van der Waals surface area contributed by atoms with Gasteiger partial charge in [-0.1, -0.05) is 24.3 Å². The minimum Gasteiger partial charge on any atom is -0.508 e. The molecule has 0 unspecified atom stereocenters. The van der Waals surface area contributed by atoms with E-state index in [4.69, 9.17) is 0 Å². The van der Waals surface area contributed by atoms with Crippen molar-refractivity contribution >= 4 is 10.0 Å². The van der Waals surface area contributed by atoms with Gasteiger partial charge in [-0.2, -0.15) is 0 Å². The van der Waals surface area contributed by atoms with E-state index in [1.165, 1.54) is 42.5 Å². The molecule has 0 saturated heterocycles. The molecule has 0 fully saturated rings. The van der Waals surface area contributed by atoms with Gasteiger partial charge in [0.05, 0.1) is 4.90 Å². The maximum Gasteiger partial charge on any atom is 0.241 e. The van der Waals surface area contributed by atoms with Gasteiger partial charge in [-0.25, -0.2) is 17.5 Å². The minimum atomic E-state index is -4.10. The third-order valence-electron chi connectivity index (χ3n) is 3.90. The Bertz CT molecular complexity index is 1080. The molecule has 8 heteroatoms. The fourth-order valence-corrected chi connectivity index (χ4v) is 3.78. The predicted octanol–water partition coefficient (Wildman–Crippen LogP) is 3.09. The molecule has 0 heterocycles. The monoisotopic (exact) mass is 389 g/mol. The van der Waals surface area contributed by atoms with E-state index in [1.807, 2.05) is 0 Å². The standard InChI is InChI=1S/C19H16FNO5S/c20-14-6-4-12(5-7-14)11-21-27(25,26)19-10-18(24)17(23)9-16(19)13-2-1-3-15(22)8-13/h1-10,21-24H,11H2. The van der Waals surface area contributed by atoms with E-state index in [0.717, 1.165) is 12.1 Å². The Morgan fingerprint density at radius 2 is 1.56 bits per heavy atom. The lowest BCUT2D eigenvalue weighted by Gasteiger charge is -2.14. The summed E-state index contributed by atoms with van der Waals surface area (Å²) in [6.07, 6.45) is 0. The van der Waals surface area contributed by atoms with Crippen LogP contribution in [-0.4, -0.2) is 23.7 Å². The highest BCUT2D eigenvalue weighted by Crippen LogP contribution is 2.37. The molecule has 3 aromatic rings. The second-order valence-electron chi connectivity index (χ2n) is 5.84. The fraction of sp³-hybridized carbons (Fsp3) is 0.0526. The van der Waals surface area contributed by atoms with Crippen LogP contribution in [0.25, 0.3) is 11.1 Å². The molecule has 0 bridgehead atoms. The lowest BCUT2D eigenvalue weighted by atomic mass is 10.0. The fourth-order valence-electron chi connectivity index (χ4n) is 2.54. The number of rotatable bonds is 5. The van der Waals surface area contributed by atoms with Crippen molar-refractivity contribution in [3.63, 3.8) is 0 Å². The Balaban J connectivity index is 2.01. The summed E-state index contributed by atoms with van der Waals surface area (Å²) in [6, 6.07) is 13.2. The van der Waals surface area contributed by atoms with Crippen LogP contribution in [0.5, 0.6) is 17.2 Å². The number of hydrogen-bond donors (Lipinski definition) is 4. The van der Waals surface area contributed by atoms with E-state index in [-0.39, 0.29) is 22.8 Å². The second kappa shape index (κ2) is 7.26. The quantitative estimate of drug-likeness (QED) is 0.502. The van der Waals surface area contributed by atoms with E-state index in [9.17, 15) is 28.1 Å². The lowest BCUT2D eigenvalue weighted by molar-refractivity contribution is 0.402. The number of phenolic OH excluding ortho intramolecular Hbond substituents is 3. The molecule has 0 aliphatic carbocycles. The van der Waals surface area contributed by atoms with Gasteiger partial charge in [0.25, 0.3) is 0 Å². The first-order valence-corrected chi connectivity index (χ1v) is 9.34. The zero-order valence-electron chi connectivity index (χ0n) is 13.9. The van der Waals surface area contributed by atoms with E-state index >= 15 is 0 Å². The van der Waals surface area contributed by atoms with Crippen LogP contribution in [-0.2, 0) is 16.6 Å². The SMILES string of the molecule is O=S(=O)(NCc1ccc(F)cc1)c1cc(O)c(O)cc1-c1cccc(O)c1. The third kappa shape index (κ3) is 4.18. The van der Waals surface area contributed by atoms with Crippen LogP contribution in [0.2, 0.25) is 0 Å². The van der Waals surface area contributed by atoms with Crippen molar-refractivity contribution in [2.45, 2.75) is 11.4 Å². The average molecular weight is 389 g/mol. The topological polar surface area (TPSA) is 107 Å². The number of sulfonamides is 1. The van der Waals surface area contributed by atoms with Gasteiger partial charge in [-0.3, -0.25) is 0 Å². The molecule has 3 aromatic carbocycles. The summed E-state index contributed by atoms with van der Waals surface area (Å²) in [6.45, 7) is -0.0935. The Labute approximate surface area is 155 Å². The molecular weight excluding hydrogens is 373 g/mol. The first kappa shape index (κ1) is 18.7. The summed E-state index contributed by atoms with van der Waals surface area (Å²) in [5.41, 5.74) is 0.988. The summed E-state index contributed by atoms with van der Waals surface area (Å²) in [5, 5.41) is 29.2. The molecule has 4 N–H and O–H groups in total. The Hall–Kier alpha value is -3.10. The predicted molar refractivity (Wildman–Crippen MR) is 97.3 cm³/mol. The molecule has 3 rings (SSSR count). The second-order valence-corrected chi connectivity index (χ2v) is 7.57. The number of phenols is 3. The van der Waals surface area contributed by atoms with E-state index < -0.39 is 27.3 Å². The van der Waals surface area contributed by atoms with Crippen LogP contribution < -0.4 is 4.72 Å². The van der Waals surface area contributed by atoms with Crippen molar-refractivity contribution in [3.05, 3.63) is 72.0 Å². The normalized spacial score (nSPS) is 11.4. The summed E-state index contributed by atoms with van der Waals surface area (Å²) in [7, 11) is -4.10. The maximum atomic E-state index is 13.0. The molecule has 0 aromatic heterocycles. The van der Waals surface area contributed by atoms with Gasteiger partial charge >= 0.3 is 0 Å². The maximum absolute atomic E-state index is 13.0. The highest BCUT2D eigenvalue weighted by Gasteiger charge is 2.22. The molecule has 0 radical (unpaired) electrons.